The number of alkyl halides is 3. The van der Waals surface area contributed by atoms with E-state index in [2.05, 4.69) is 10.4 Å². The molecule has 174 valence electrons. The van der Waals surface area contributed by atoms with Crippen LogP contribution in [0.4, 0.5) is 18.9 Å². The van der Waals surface area contributed by atoms with Crippen molar-refractivity contribution in [2.45, 2.75) is 12.7 Å². The Kier molecular flexibility index (Phi) is 6.54. The van der Waals surface area contributed by atoms with Crippen LogP contribution in [0.25, 0.3) is 16.9 Å². The van der Waals surface area contributed by atoms with Crippen LogP contribution >= 0.6 is 23.2 Å². The van der Waals surface area contributed by atoms with Crippen molar-refractivity contribution < 1.29 is 23.1 Å². The summed E-state index contributed by atoms with van der Waals surface area (Å²) in [6.45, 7) is 0.254. The van der Waals surface area contributed by atoms with Gasteiger partial charge in [-0.2, -0.15) is 18.3 Å². The number of carboxylic acids is 1. The van der Waals surface area contributed by atoms with Crippen LogP contribution in [-0.4, -0.2) is 20.9 Å². The summed E-state index contributed by atoms with van der Waals surface area (Å²) in [6, 6.07) is 15.8. The highest BCUT2D eigenvalue weighted by atomic mass is 35.5. The van der Waals surface area contributed by atoms with E-state index in [4.69, 9.17) is 28.3 Å². The zero-order chi connectivity index (χ0) is 24.5. The number of halogens is 5. The van der Waals surface area contributed by atoms with E-state index in [1.54, 1.807) is 36.5 Å². The van der Waals surface area contributed by atoms with Gasteiger partial charge in [0, 0.05) is 28.9 Å². The Morgan fingerprint density at radius 1 is 1.00 bits per heavy atom. The van der Waals surface area contributed by atoms with Gasteiger partial charge in [-0.15, -0.1) is 0 Å². The molecule has 0 aliphatic heterocycles. The Balaban J connectivity index is 1.71. The third-order valence-electron chi connectivity index (χ3n) is 5.05. The number of nitrogens with zero attached hydrogens (tertiary/aromatic N) is 2. The van der Waals surface area contributed by atoms with E-state index in [-0.39, 0.29) is 12.1 Å². The Labute approximate surface area is 202 Å². The molecule has 0 bridgehead atoms. The van der Waals surface area contributed by atoms with Gasteiger partial charge < -0.3 is 10.4 Å². The Bertz CT molecular complexity index is 1340. The van der Waals surface area contributed by atoms with Crippen molar-refractivity contribution in [3.05, 3.63) is 99.7 Å². The number of nitrogens with one attached hydrogen (secondary N) is 1. The number of benzene rings is 3. The quantitative estimate of drug-likeness (QED) is 0.291. The molecule has 4 aromatic rings. The van der Waals surface area contributed by atoms with E-state index in [1.807, 2.05) is 0 Å². The first-order chi connectivity index (χ1) is 16.1. The second-order valence-electron chi connectivity index (χ2n) is 7.35. The molecule has 34 heavy (non-hydrogen) atoms. The fraction of sp³-hybridized carbons (Fsp3) is 0.0833. The van der Waals surface area contributed by atoms with Gasteiger partial charge in [-0.1, -0.05) is 35.3 Å². The third-order valence-corrected chi connectivity index (χ3v) is 5.62. The molecule has 5 nitrogen and oxygen atoms in total. The SMILES string of the molecule is O=C(O)c1ccc(-n2cc(CNc3cc(Cl)ccc3Cl)c(-c3ccc(C(F)(F)F)cc3)n2)cc1. The number of rotatable bonds is 6. The standard InChI is InChI=1S/C24H16Cl2F3N3O2/c25-18-7-10-20(26)21(11-18)30-12-16-13-32(19-8-3-15(4-9-19)23(33)34)31-22(16)14-1-5-17(6-2-14)24(27,28)29/h1-11,13,30H,12H2,(H,33,34). The molecule has 0 aliphatic carbocycles. The van der Waals surface area contributed by atoms with Crippen molar-refractivity contribution in [2.75, 3.05) is 5.32 Å². The van der Waals surface area contributed by atoms with Crippen LogP contribution < -0.4 is 5.32 Å². The second-order valence-corrected chi connectivity index (χ2v) is 8.20. The monoisotopic (exact) mass is 505 g/mol. The van der Waals surface area contributed by atoms with E-state index in [0.29, 0.717) is 38.2 Å². The van der Waals surface area contributed by atoms with Crippen LogP contribution in [0.3, 0.4) is 0 Å². The van der Waals surface area contributed by atoms with Crippen LogP contribution in [0, 0.1) is 0 Å². The zero-order valence-electron chi connectivity index (χ0n) is 17.3. The van der Waals surface area contributed by atoms with Crippen LogP contribution in [-0.2, 0) is 12.7 Å². The molecule has 0 aliphatic rings. The van der Waals surface area contributed by atoms with Crippen molar-refractivity contribution in [3.8, 4) is 16.9 Å². The number of hydrogen-bond donors (Lipinski definition) is 2. The van der Waals surface area contributed by atoms with E-state index in [9.17, 15) is 18.0 Å². The minimum atomic E-state index is -4.45. The predicted octanol–water partition coefficient (Wildman–Crippen LogP) is 7.18. The smallest absolute Gasteiger partial charge is 0.416 e. The molecule has 1 heterocycles. The molecule has 0 unspecified atom stereocenters. The molecule has 0 radical (unpaired) electrons. The molecule has 0 amide bonds. The number of aromatic nitrogens is 2. The van der Waals surface area contributed by atoms with Gasteiger partial charge in [0.1, 0.15) is 0 Å². The molecule has 0 atom stereocenters. The summed E-state index contributed by atoms with van der Waals surface area (Å²) in [4.78, 5) is 11.1. The summed E-state index contributed by atoms with van der Waals surface area (Å²) in [5.74, 6) is -1.05. The molecule has 0 fully saturated rings. The number of aromatic carboxylic acids is 1. The maximum Gasteiger partial charge on any atom is 0.416 e. The lowest BCUT2D eigenvalue weighted by Crippen LogP contribution is -2.04. The average Bonchev–Trinajstić information content (AvgIpc) is 3.23. The van der Waals surface area contributed by atoms with Gasteiger partial charge in [-0.3, -0.25) is 0 Å². The first-order valence-corrected chi connectivity index (χ1v) is 10.7. The molecule has 0 spiro atoms. The van der Waals surface area contributed by atoms with Crippen molar-refractivity contribution >= 4 is 34.9 Å². The van der Waals surface area contributed by atoms with Crippen LogP contribution in [0.2, 0.25) is 10.0 Å². The van der Waals surface area contributed by atoms with E-state index >= 15 is 0 Å². The van der Waals surface area contributed by atoms with Crippen molar-refractivity contribution in [1.82, 2.24) is 9.78 Å². The molecular formula is C24H16Cl2F3N3O2. The fourth-order valence-electron chi connectivity index (χ4n) is 3.31. The topological polar surface area (TPSA) is 67.2 Å². The Hall–Kier alpha value is -3.49. The van der Waals surface area contributed by atoms with E-state index < -0.39 is 17.7 Å². The van der Waals surface area contributed by atoms with Crippen molar-refractivity contribution in [3.63, 3.8) is 0 Å². The molecule has 0 saturated carbocycles. The third kappa shape index (κ3) is 5.18. The van der Waals surface area contributed by atoms with Gasteiger partial charge in [-0.25, -0.2) is 9.48 Å². The number of carboxylic acid groups (broad SMARTS) is 1. The summed E-state index contributed by atoms with van der Waals surface area (Å²) < 4.78 is 40.5. The van der Waals surface area contributed by atoms with Gasteiger partial charge in [0.2, 0.25) is 0 Å². The summed E-state index contributed by atoms with van der Waals surface area (Å²) >= 11 is 12.3. The minimum absolute atomic E-state index is 0.122. The number of anilines is 1. The summed E-state index contributed by atoms with van der Waals surface area (Å²) in [5, 5.41) is 17.8. The maximum atomic E-state index is 13.0. The highest BCUT2D eigenvalue weighted by Crippen LogP contribution is 2.32. The Morgan fingerprint density at radius 3 is 2.29 bits per heavy atom. The van der Waals surface area contributed by atoms with Gasteiger partial charge in [0.05, 0.1) is 33.2 Å². The van der Waals surface area contributed by atoms with Crippen LogP contribution in [0.1, 0.15) is 21.5 Å². The highest BCUT2D eigenvalue weighted by molar-refractivity contribution is 6.35. The highest BCUT2D eigenvalue weighted by Gasteiger charge is 2.30. The predicted molar refractivity (Wildman–Crippen MR) is 125 cm³/mol. The molecule has 10 heteroatoms. The van der Waals surface area contributed by atoms with E-state index in [0.717, 1.165) is 12.1 Å². The van der Waals surface area contributed by atoms with Gasteiger partial charge in [0.15, 0.2) is 0 Å². The minimum Gasteiger partial charge on any atom is -0.478 e. The first kappa shape index (κ1) is 23.7. The molecule has 4 rings (SSSR count). The lowest BCUT2D eigenvalue weighted by Gasteiger charge is -2.10. The number of hydrogen-bond acceptors (Lipinski definition) is 3. The molecular weight excluding hydrogens is 490 g/mol. The molecule has 2 N–H and O–H groups in total. The maximum absolute atomic E-state index is 13.0. The average molecular weight is 506 g/mol. The molecule has 1 aromatic heterocycles. The van der Waals surface area contributed by atoms with Crippen molar-refractivity contribution in [1.29, 1.82) is 0 Å². The summed E-state index contributed by atoms with van der Waals surface area (Å²) in [7, 11) is 0. The second kappa shape index (κ2) is 9.40. The van der Waals surface area contributed by atoms with Gasteiger partial charge in [-0.05, 0) is 54.6 Å². The summed E-state index contributed by atoms with van der Waals surface area (Å²) in [6.07, 6.45) is -2.73. The zero-order valence-corrected chi connectivity index (χ0v) is 18.8. The molecule has 3 aromatic carbocycles. The summed E-state index contributed by atoms with van der Waals surface area (Å²) in [5.41, 5.74) is 2.17. The fourth-order valence-corrected chi connectivity index (χ4v) is 3.67. The van der Waals surface area contributed by atoms with E-state index in [1.165, 1.54) is 28.9 Å². The lowest BCUT2D eigenvalue weighted by molar-refractivity contribution is -0.137. The first-order valence-electron chi connectivity index (χ1n) is 9.90. The van der Waals surface area contributed by atoms with Crippen LogP contribution in [0.15, 0.2) is 72.9 Å². The lowest BCUT2D eigenvalue weighted by atomic mass is 10.1. The largest absolute Gasteiger partial charge is 0.478 e. The molecule has 0 saturated heterocycles. The van der Waals surface area contributed by atoms with Gasteiger partial charge >= 0.3 is 12.1 Å². The van der Waals surface area contributed by atoms with Gasteiger partial charge in [0.25, 0.3) is 0 Å². The normalized spacial score (nSPS) is 11.4. The van der Waals surface area contributed by atoms with Crippen LogP contribution in [0.5, 0.6) is 0 Å². The van der Waals surface area contributed by atoms with Crippen molar-refractivity contribution in [2.24, 2.45) is 0 Å². The number of carbonyl (C=O) groups is 1. The Morgan fingerprint density at radius 2 is 1.68 bits per heavy atom.